The molecular formula is C33H33F4N5O3. The molecule has 1 N–H and O–H groups in total. The normalized spacial score (nSPS) is 18.3. The van der Waals surface area contributed by atoms with Crippen LogP contribution in [0.25, 0.3) is 11.2 Å². The molecule has 7 heterocycles. The smallest absolute Gasteiger partial charge is 0.307 e. The highest BCUT2D eigenvalue weighted by Crippen LogP contribution is 2.38. The van der Waals surface area contributed by atoms with Gasteiger partial charge in [-0.1, -0.05) is 49.6 Å². The highest BCUT2D eigenvalue weighted by molar-refractivity contribution is 5.95. The molecule has 0 fully saturated rings. The predicted octanol–water partition coefficient (Wildman–Crippen LogP) is 6.25. The zero-order valence-electron chi connectivity index (χ0n) is 25.0. The van der Waals surface area contributed by atoms with E-state index in [0.29, 0.717) is 53.7 Å². The number of aryl methyl sites for hydroxylation is 2. The van der Waals surface area contributed by atoms with E-state index in [4.69, 9.17) is 0 Å². The number of pyridine rings is 1. The summed E-state index contributed by atoms with van der Waals surface area (Å²) in [7, 11) is 0. The Balaban J connectivity index is 1.46. The number of hydrogen-bond donors (Lipinski definition) is 1. The highest BCUT2D eigenvalue weighted by Gasteiger charge is 2.34. The Kier molecular flexibility index (Phi) is 8.32. The fourth-order valence-electron chi connectivity index (χ4n) is 6.67. The standard InChI is InChI=1S/C33H33F4N5O3/c1-17-23-15-38-31-30(17)39-40-42(31)12-7-5-3-4-6-8-22-26(34)28(36)25(29(37)27(22)35)32(43)41-13-11-19-9-10-20(14-21(19)16-41)24(23)18(2)33(44)45/h9-10,14-15,18,24H,3-8,11-13,16H2,1-2H3,(H,44,45)/t18-,24-/m0/s1. The molecule has 9 rings (SSSR count). The molecule has 0 aliphatic carbocycles. The summed E-state index contributed by atoms with van der Waals surface area (Å²) < 4.78 is 62.3. The van der Waals surface area contributed by atoms with Gasteiger partial charge >= 0.3 is 5.97 Å². The Morgan fingerprint density at radius 3 is 2.40 bits per heavy atom. The van der Waals surface area contributed by atoms with Crippen molar-refractivity contribution in [1.29, 1.82) is 0 Å². The molecule has 9 bridgehead atoms. The first-order valence-electron chi connectivity index (χ1n) is 15.3. The summed E-state index contributed by atoms with van der Waals surface area (Å²) in [5.41, 5.74) is 2.83. The fourth-order valence-corrected chi connectivity index (χ4v) is 6.67. The summed E-state index contributed by atoms with van der Waals surface area (Å²) in [5.74, 6) is -10.1. The van der Waals surface area contributed by atoms with Crippen molar-refractivity contribution in [1.82, 2.24) is 24.9 Å². The van der Waals surface area contributed by atoms with Gasteiger partial charge in [0.15, 0.2) is 28.9 Å². The number of aliphatic carboxylic acids is 1. The van der Waals surface area contributed by atoms with Crippen LogP contribution in [0.2, 0.25) is 0 Å². The molecule has 236 valence electrons. The molecule has 8 nitrogen and oxygen atoms in total. The van der Waals surface area contributed by atoms with Gasteiger partial charge in [0.1, 0.15) is 11.1 Å². The number of hydrogen-bond acceptors (Lipinski definition) is 5. The Labute approximate surface area is 257 Å². The van der Waals surface area contributed by atoms with E-state index >= 15 is 17.6 Å². The van der Waals surface area contributed by atoms with E-state index < -0.39 is 58.1 Å². The minimum Gasteiger partial charge on any atom is -0.481 e. The molecule has 0 unspecified atom stereocenters. The van der Waals surface area contributed by atoms with Gasteiger partial charge in [0.05, 0.1) is 5.92 Å². The van der Waals surface area contributed by atoms with Crippen molar-refractivity contribution in [3.05, 3.63) is 86.6 Å². The van der Waals surface area contributed by atoms with Gasteiger partial charge in [-0.25, -0.2) is 27.2 Å². The SMILES string of the molecule is Cc1c2cnc3c1nnn3CCCCCCCc1c(F)c(F)c(c(F)c1F)C(=O)N1CCc3ccc(cc3C1)[C@@H]2[C@H](C)C(=O)O. The molecule has 12 heteroatoms. The lowest BCUT2D eigenvalue weighted by molar-refractivity contribution is -0.141. The van der Waals surface area contributed by atoms with Crippen molar-refractivity contribution in [2.45, 2.75) is 77.8 Å². The van der Waals surface area contributed by atoms with Crippen molar-refractivity contribution in [2.75, 3.05) is 6.54 Å². The summed E-state index contributed by atoms with van der Waals surface area (Å²) in [6, 6.07) is 5.47. The molecule has 0 radical (unpaired) electrons. The molecule has 2 aromatic carbocycles. The number of amides is 1. The highest BCUT2D eigenvalue weighted by atomic mass is 19.2. The van der Waals surface area contributed by atoms with Crippen molar-refractivity contribution >= 4 is 23.0 Å². The van der Waals surface area contributed by atoms with Crippen LogP contribution in [-0.4, -0.2) is 48.4 Å². The molecular weight excluding hydrogens is 590 g/mol. The second-order valence-corrected chi connectivity index (χ2v) is 12.1. The van der Waals surface area contributed by atoms with E-state index in [2.05, 4.69) is 15.3 Å². The van der Waals surface area contributed by atoms with Crippen LogP contribution in [0, 0.1) is 36.1 Å². The Morgan fingerprint density at radius 1 is 0.956 bits per heavy atom. The first-order valence-corrected chi connectivity index (χ1v) is 15.3. The fraction of sp³-hybridized carbons (Fsp3) is 0.424. The third-order valence-corrected chi connectivity index (χ3v) is 9.30. The molecule has 0 saturated carbocycles. The van der Waals surface area contributed by atoms with Crippen molar-refractivity contribution < 1.29 is 32.3 Å². The van der Waals surface area contributed by atoms with E-state index in [1.807, 2.05) is 19.1 Å². The zero-order valence-corrected chi connectivity index (χ0v) is 25.0. The number of carbonyl (C=O) groups is 2. The van der Waals surface area contributed by atoms with Crippen LogP contribution in [0.4, 0.5) is 17.6 Å². The van der Waals surface area contributed by atoms with Crippen LogP contribution in [0.15, 0.2) is 24.4 Å². The number of rotatable bonds is 2. The molecule has 1 amide bonds. The minimum absolute atomic E-state index is 0.0787. The van der Waals surface area contributed by atoms with Crippen LogP contribution < -0.4 is 0 Å². The van der Waals surface area contributed by atoms with Gasteiger partial charge in [0, 0.05) is 37.3 Å². The van der Waals surface area contributed by atoms with Crippen LogP contribution >= 0.6 is 0 Å². The summed E-state index contributed by atoms with van der Waals surface area (Å²) in [6.45, 7) is 4.01. The maximum atomic E-state index is 15.2. The molecule has 5 aliphatic heterocycles. The number of aromatic nitrogens is 4. The summed E-state index contributed by atoms with van der Waals surface area (Å²) in [5, 5.41) is 18.8. The van der Waals surface area contributed by atoms with Crippen molar-refractivity contribution in [3.63, 3.8) is 0 Å². The van der Waals surface area contributed by atoms with Crippen LogP contribution in [0.5, 0.6) is 0 Å². The number of nitrogens with zero attached hydrogens (tertiary/aromatic N) is 5. The lowest BCUT2D eigenvalue weighted by Crippen LogP contribution is -2.37. The second-order valence-electron chi connectivity index (χ2n) is 12.1. The predicted molar refractivity (Wildman–Crippen MR) is 157 cm³/mol. The summed E-state index contributed by atoms with van der Waals surface area (Å²) >= 11 is 0. The third-order valence-electron chi connectivity index (χ3n) is 9.30. The van der Waals surface area contributed by atoms with Gasteiger partial charge in [-0.05, 0) is 60.4 Å². The van der Waals surface area contributed by atoms with Gasteiger partial charge in [0.2, 0.25) is 0 Å². The quantitative estimate of drug-likeness (QED) is 0.209. The Hall–Kier alpha value is -4.35. The molecule has 0 saturated heterocycles. The van der Waals surface area contributed by atoms with E-state index in [-0.39, 0.29) is 19.5 Å². The maximum Gasteiger partial charge on any atom is 0.307 e. The Bertz CT molecular complexity index is 1800. The largest absolute Gasteiger partial charge is 0.481 e. The van der Waals surface area contributed by atoms with Crippen LogP contribution in [-0.2, 0) is 30.7 Å². The van der Waals surface area contributed by atoms with Crippen molar-refractivity contribution in [3.8, 4) is 0 Å². The number of carbonyl (C=O) groups excluding carboxylic acids is 1. The van der Waals surface area contributed by atoms with E-state index in [0.717, 1.165) is 35.3 Å². The summed E-state index contributed by atoms with van der Waals surface area (Å²) in [4.78, 5) is 31.6. The Morgan fingerprint density at radius 2 is 1.67 bits per heavy atom. The van der Waals surface area contributed by atoms with E-state index in [1.165, 1.54) is 0 Å². The van der Waals surface area contributed by atoms with Gasteiger partial charge in [-0.15, -0.1) is 5.10 Å². The third kappa shape index (κ3) is 5.44. The number of carboxylic acid groups (broad SMARTS) is 1. The number of benzene rings is 2. The van der Waals surface area contributed by atoms with Gasteiger partial charge in [-0.2, -0.15) is 0 Å². The molecule has 4 aromatic rings. The van der Waals surface area contributed by atoms with Gasteiger partial charge in [-0.3, -0.25) is 9.59 Å². The van der Waals surface area contributed by atoms with Crippen LogP contribution in [0.1, 0.15) is 88.7 Å². The average Bonchev–Trinajstić information content (AvgIpc) is 3.45. The van der Waals surface area contributed by atoms with Gasteiger partial charge in [0.25, 0.3) is 5.91 Å². The molecule has 0 spiro atoms. The monoisotopic (exact) mass is 623 g/mol. The van der Waals surface area contributed by atoms with Crippen molar-refractivity contribution in [2.24, 2.45) is 5.92 Å². The van der Waals surface area contributed by atoms with E-state index in [1.54, 1.807) is 23.9 Å². The van der Waals surface area contributed by atoms with Crippen LogP contribution in [0.3, 0.4) is 0 Å². The molecule has 5 aliphatic rings. The second kappa shape index (κ2) is 12.2. The molecule has 2 atom stereocenters. The first-order chi connectivity index (χ1) is 21.6. The lowest BCUT2D eigenvalue weighted by Gasteiger charge is -2.31. The minimum atomic E-state index is -1.69. The maximum absolute atomic E-state index is 15.2. The average molecular weight is 624 g/mol. The van der Waals surface area contributed by atoms with Gasteiger partial charge < -0.3 is 10.0 Å². The topological polar surface area (TPSA) is 101 Å². The summed E-state index contributed by atoms with van der Waals surface area (Å²) in [6.07, 6.45) is 4.93. The molecule has 2 aromatic heterocycles. The lowest BCUT2D eigenvalue weighted by atomic mass is 9.79. The number of carboxylic acids is 1. The first kappa shape index (κ1) is 30.7. The molecule has 45 heavy (non-hydrogen) atoms. The zero-order chi connectivity index (χ0) is 32.0. The number of halogens is 4. The van der Waals surface area contributed by atoms with E-state index in [9.17, 15) is 14.7 Å².